The van der Waals surface area contributed by atoms with E-state index in [2.05, 4.69) is 38.2 Å². The van der Waals surface area contributed by atoms with E-state index in [1.807, 2.05) is 25.2 Å². The number of amides is 1. The molecule has 2 heterocycles. The second kappa shape index (κ2) is 12.2. The van der Waals surface area contributed by atoms with Gasteiger partial charge in [0, 0.05) is 18.3 Å². The zero-order valence-electron chi connectivity index (χ0n) is 16.8. The van der Waals surface area contributed by atoms with Crippen LogP contribution in [0.25, 0.3) is 11.5 Å². The molecule has 0 atom stereocenters. The number of nitrogens with one attached hydrogen (secondary N) is 2. The van der Waals surface area contributed by atoms with Crippen LogP contribution in [0, 0.1) is 0 Å². The van der Waals surface area contributed by atoms with Gasteiger partial charge in [-0.25, -0.2) is 9.97 Å². The lowest BCUT2D eigenvalue weighted by Crippen LogP contribution is -2.19. The maximum Gasteiger partial charge on any atom is 0.248 e. The third kappa shape index (κ3) is 7.67. The van der Waals surface area contributed by atoms with Crippen molar-refractivity contribution in [1.82, 2.24) is 20.3 Å². The number of hydrogen-bond donors (Lipinski definition) is 3. The first-order valence-electron chi connectivity index (χ1n) is 9.61. The van der Waals surface area contributed by atoms with E-state index in [0.717, 1.165) is 38.2 Å². The molecule has 0 unspecified atom stereocenters. The summed E-state index contributed by atoms with van der Waals surface area (Å²) in [6, 6.07) is 3.15. The lowest BCUT2D eigenvalue weighted by atomic mass is 10.1. The van der Waals surface area contributed by atoms with E-state index in [9.17, 15) is 4.79 Å². The molecule has 0 aliphatic heterocycles. The van der Waals surface area contributed by atoms with Crippen LogP contribution in [0.2, 0.25) is 0 Å². The summed E-state index contributed by atoms with van der Waals surface area (Å²) in [6.45, 7) is 8.43. The fraction of sp³-hybridized carbons (Fsp3) is 0.273. The molecule has 4 N–H and O–H groups in total. The molecule has 7 heteroatoms. The third-order valence-electron chi connectivity index (χ3n) is 4.09. The van der Waals surface area contributed by atoms with Gasteiger partial charge in [-0.1, -0.05) is 30.9 Å². The fourth-order valence-electron chi connectivity index (χ4n) is 2.65. The molecule has 0 aliphatic carbocycles. The van der Waals surface area contributed by atoms with Crippen LogP contribution in [0.3, 0.4) is 0 Å². The van der Waals surface area contributed by atoms with E-state index in [1.165, 1.54) is 11.8 Å². The van der Waals surface area contributed by atoms with Gasteiger partial charge in [-0.15, -0.1) is 0 Å². The van der Waals surface area contributed by atoms with Gasteiger partial charge in [-0.05, 0) is 50.6 Å². The van der Waals surface area contributed by atoms with Crippen LogP contribution >= 0.6 is 0 Å². The number of carbonyl (C=O) groups is 1. The highest BCUT2D eigenvalue weighted by Crippen LogP contribution is 2.14. The Labute approximate surface area is 171 Å². The van der Waals surface area contributed by atoms with Crippen molar-refractivity contribution < 1.29 is 4.79 Å². The van der Waals surface area contributed by atoms with Crippen molar-refractivity contribution in [3.63, 3.8) is 0 Å². The molecule has 2 aromatic heterocycles. The monoisotopic (exact) mass is 392 g/mol. The summed E-state index contributed by atoms with van der Waals surface area (Å²) in [5.41, 5.74) is 8.29. The number of aromatic nitrogens is 3. The number of pyridine rings is 1. The maximum atomic E-state index is 11.3. The summed E-state index contributed by atoms with van der Waals surface area (Å²) in [7, 11) is 0. The van der Waals surface area contributed by atoms with Gasteiger partial charge >= 0.3 is 0 Å². The van der Waals surface area contributed by atoms with Crippen LogP contribution in [-0.2, 0) is 0 Å². The predicted molar refractivity (Wildman–Crippen MR) is 117 cm³/mol. The second-order valence-corrected chi connectivity index (χ2v) is 6.35. The van der Waals surface area contributed by atoms with Crippen LogP contribution in [0.1, 0.15) is 30.1 Å². The lowest BCUT2D eigenvalue weighted by molar-refractivity contribution is 0.1000. The van der Waals surface area contributed by atoms with Crippen LogP contribution in [-0.4, -0.2) is 40.5 Å². The van der Waals surface area contributed by atoms with Gasteiger partial charge in [0.05, 0.1) is 18.1 Å². The van der Waals surface area contributed by atoms with Gasteiger partial charge in [-0.3, -0.25) is 9.78 Å². The van der Waals surface area contributed by atoms with Gasteiger partial charge in [0.1, 0.15) is 5.69 Å². The molecule has 2 aromatic rings. The predicted octanol–water partition coefficient (Wildman–Crippen LogP) is 3.11. The Balaban J connectivity index is 1.71. The van der Waals surface area contributed by atoms with E-state index in [4.69, 9.17) is 5.73 Å². The minimum Gasteiger partial charge on any atom is -0.383 e. The normalized spacial score (nSPS) is 11.6. The topological polar surface area (TPSA) is 106 Å². The van der Waals surface area contributed by atoms with Crippen LogP contribution in [0.5, 0.6) is 0 Å². The van der Waals surface area contributed by atoms with Crippen molar-refractivity contribution in [3.8, 4) is 11.5 Å². The Morgan fingerprint density at radius 1 is 1.21 bits per heavy atom. The number of nitrogens with two attached hydrogens (primary N) is 1. The van der Waals surface area contributed by atoms with Crippen molar-refractivity contribution >= 4 is 11.6 Å². The molecule has 0 spiro atoms. The highest BCUT2D eigenvalue weighted by molar-refractivity contribution is 5.93. The molecular weight excluding hydrogens is 364 g/mol. The summed E-state index contributed by atoms with van der Waals surface area (Å²) in [6.07, 6.45) is 14.9. The Morgan fingerprint density at radius 3 is 2.69 bits per heavy atom. The van der Waals surface area contributed by atoms with E-state index in [0.29, 0.717) is 17.1 Å². The first kappa shape index (κ1) is 22.0. The molecule has 0 aromatic carbocycles. The smallest absolute Gasteiger partial charge is 0.248 e. The van der Waals surface area contributed by atoms with Gasteiger partial charge in [0.2, 0.25) is 5.91 Å². The first-order valence-corrected chi connectivity index (χ1v) is 9.61. The molecule has 0 fully saturated rings. The average Bonchev–Trinajstić information content (AvgIpc) is 2.74. The molecule has 0 bridgehead atoms. The standard InChI is InChI=1S/C22H28N6O/c1-3-6-17(7-4-2)8-12-24-10-5-11-25-19-15-27-22(28-16-19)20-14-18(21(23)29)9-13-26-20/h3-4,6-7,9,13-16,24-25H,1,5,8,10-12H2,2H3,(H2,23,29)/b7-4-,17-6+. The molecule has 0 aliphatic rings. The van der Waals surface area contributed by atoms with Crippen LogP contribution in [0.4, 0.5) is 5.69 Å². The van der Waals surface area contributed by atoms with Crippen LogP contribution in [0.15, 0.2) is 67.2 Å². The molecule has 152 valence electrons. The Hall–Kier alpha value is -3.32. The largest absolute Gasteiger partial charge is 0.383 e. The number of anilines is 1. The second-order valence-electron chi connectivity index (χ2n) is 6.35. The van der Waals surface area contributed by atoms with Crippen molar-refractivity contribution in [2.45, 2.75) is 19.8 Å². The zero-order chi connectivity index (χ0) is 20.9. The number of nitrogens with zero attached hydrogens (tertiary/aromatic N) is 3. The highest BCUT2D eigenvalue weighted by atomic mass is 16.1. The SMILES string of the molecule is C=C/C=C(\C=C/C)CCNCCCNc1cnc(-c2cc(C(N)=O)ccn2)nc1. The maximum absolute atomic E-state index is 11.3. The van der Waals surface area contributed by atoms with E-state index in [1.54, 1.807) is 24.5 Å². The van der Waals surface area contributed by atoms with Crippen molar-refractivity contribution in [2.24, 2.45) is 5.73 Å². The quantitative estimate of drug-likeness (QED) is 0.379. The van der Waals surface area contributed by atoms with Crippen molar-refractivity contribution in [1.29, 1.82) is 0 Å². The Kier molecular flexibility index (Phi) is 9.24. The van der Waals surface area contributed by atoms with Gasteiger partial charge in [0.25, 0.3) is 0 Å². The van der Waals surface area contributed by atoms with Crippen molar-refractivity contribution in [2.75, 3.05) is 25.0 Å². The molecular formula is C22H28N6O. The number of carbonyl (C=O) groups excluding carboxylic acids is 1. The molecule has 1 amide bonds. The lowest BCUT2D eigenvalue weighted by Gasteiger charge is -2.08. The zero-order valence-corrected chi connectivity index (χ0v) is 16.8. The van der Waals surface area contributed by atoms with Gasteiger partial charge in [-0.2, -0.15) is 0 Å². The number of hydrogen-bond acceptors (Lipinski definition) is 6. The fourth-order valence-corrected chi connectivity index (χ4v) is 2.65. The van der Waals surface area contributed by atoms with Gasteiger partial charge in [0.15, 0.2) is 5.82 Å². The number of primary amides is 1. The summed E-state index contributed by atoms with van der Waals surface area (Å²) >= 11 is 0. The first-order chi connectivity index (χ1) is 14.1. The highest BCUT2D eigenvalue weighted by Gasteiger charge is 2.07. The summed E-state index contributed by atoms with van der Waals surface area (Å²) < 4.78 is 0. The van der Waals surface area contributed by atoms with E-state index >= 15 is 0 Å². The van der Waals surface area contributed by atoms with Crippen LogP contribution < -0.4 is 16.4 Å². The minimum atomic E-state index is -0.504. The molecule has 7 nitrogen and oxygen atoms in total. The molecule has 0 saturated carbocycles. The number of allylic oxidation sites excluding steroid dienone is 4. The minimum absolute atomic E-state index is 0.381. The molecule has 0 radical (unpaired) electrons. The van der Waals surface area contributed by atoms with E-state index in [-0.39, 0.29) is 0 Å². The molecule has 2 rings (SSSR count). The van der Waals surface area contributed by atoms with Crippen molar-refractivity contribution in [3.05, 3.63) is 72.7 Å². The molecule has 29 heavy (non-hydrogen) atoms. The average molecular weight is 393 g/mol. The Bertz CT molecular complexity index is 858. The van der Waals surface area contributed by atoms with Gasteiger partial charge < -0.3 is 16.4 Å². The third-order valence-corrected chi connectivity index (χ3v) is 4.09. The number of rotatable bonds is 12. The molecule has 0 saturated heterocycles. The summed E-state index contributed by atoms with van der Waals surface area (Å²) in [4.78, 5) is 24.1. The summed E-state index contributed by atoms with van der Waals surface area (Å²) in [5.74, 6) is -0.0554. The summed E-state index contributed by atoms with van der Waals surface area (Å²) in [5, 5.41) is 6.74. The Morgan fingerprint density at radius 2 is 2.00 bits per heavy atom. The van der Waals surface area contributed by atoms with E-state index < -0.39 is 5.91 Å².